The van der Waals surface area contributed by atoms with Crippen LogP contribution in [0.3, 0.4) is 0 Å². The van der Waals surface area contributed by atoms with Gasteiger partial charge in [-0.3, -0.25) is 29.0 Å². The summed E-state index contributed by atoms with van der Waals surface area (Å²) < 4.78 is 2.45. The summed E-state index contributed by atoms with van der Waals surface area (Å²) in [6, 6.07) is 0. The molecule has 0 aromatic carbocycles. The molecule has 2 heterocycles. The molecule has 2 aromatic rings. The van der Waals surface area contributed by atoms with Gasteiger partial charge in [-0.1, -0.05) is 9.97 Å². The van der Waals surface area contributed by atoms with Crippen molar-refractivity contribution in [3.05, 3.63) is 45.0 Å². The van der Waals surface area contributed by atoms with Crippen LogP contribution in [-0.2, 0) is 32.3 Å². The minimum atomic E-state index is -1.24. The molecule has 0 spiro atoms. The second-order valence-electron chi connectivity index (χ2n) is 8.26. The van der Waals surface area contributed by atoms with E-state index < -0.39 is 58.6 Å². The van der Waals surface area contributed by atoms with E-state index in [2.05, 4.69) is 20.6 Å². The van der Waals surface area contributed by atoms with Crippen molar-refractivity contribution in [2.45, 2.75) is 13.1 Å². The summed E-state index contributed by atoms with van der Waals surface area (Å²) in [6.45, 7) is -1.86. The molecule has 0 fully saturated rings. The number of imidazole rings is 2. The van der Waals surface area contributed by atoms with Gasteiger partial charge in [-0.15, -0.1) is 0 Å². The molecule has 4 N–H and O–H groups in total. The fourth-order valence-corrected chi connectivity index (χ4v) is 3.54. The molecule has 40 heavy (non-hydrogen) atoms. The van der Waals surface area contributed by atoms with Crippen LogP contribution in [-0.4, -0.2) is 125 Å². The SMILES string of the molecule is O=C(O)CN(CCN(CC(=O)O)CC(=O)NCCn1ccnc1[N+](=O)[O-])CC(=O)NCCn1ccnc1[N+](=O)[O-]. The van der Waals surface area contributed by atoms with Crippen LogP contribution in [0.2, 0.25) is 0 Å². The number of nitrogens with one attached hydrogen (secondary N) is 2. The zero-order chi connectivity index (χ0) is 29.7. The average molecular weight is 569 g/mol. The summed E-state index contributed by atoms with van der Waals surface area (Å²) in [6.07, 6.45) is 5.22. The molecule has 20 heteroatoms. The lowest BCUT2D eigenvalue weighted by molar-refractivity contribution is -0.396. The Balaban J connectivity index is 1.85. The summed E-state index contributed by atoms with van der Waals surface area (Å²) in [7, 11) is 0. The third-order valence-electron chi connectivity index (χ3n) is 5.25. The first-order valence-electron chi connectivity index (χ1n) is 11.7. The molecule has 20 nitrogen and oxygen atoms in total. The Morgan fingerprint density at radius 1 is 0.750 bits per heavy atom. The molecular formula is C20H28N10O10. The van der Waals surface area contributed by atoms with Gasteiger partial charge in [0.1, 0.15) is 24.8 Å². The van der Waals surface area contributed by atoms with E-state index in [9.17, 15) is 49.6 Å². The fourth-order valence-electron chi connectivity index (χ4n) is 3.54. The van der Waals surface area contributed by atoms with Gasteiger partial charge in [0.25, 0.3) is 0 Å². The van der Waals surface area contributed by atoms with Crippen molar-refractivity contribution in [1.82, 2.24) is 39.5 Å². The highest BCUT2D eigenvalue weighted by Gasteiger charge is 2.20. The van der Waals surface area contributed by atoms with Crippen LogP contribution in [0.15, 0.2) is 24.8 Å². The fraction of sp³-hybridized carbons (Fsp3) is 0.500. The third kappa shape index (κ3) is 10.8. The molecule has 0 aliphatic heterocycles. The minimum Gasteiger partial charge on any atom is -0.480 e. The lowest BCUT2D eigenvalue weighted by Gasteiger charge is -2.25. The van der Waals surface area contributed by atoms with Crippen LogP contribution in [0, 0.1) is 20.2 Å². The van der Waals surface area contributed by atoms with Crippen molar-refractivity contribution in [2.24, 2.45) is 0 Å². The lowest BCUT2D eigenvalue weighted by atomic mass is 10.3. The number of carboxylic acid groups (broad SMARTS) is 2. The van der Waals surface area contributed by atoms with Gasteiger partial charge in [0.2, 0.25) is 11.8 Å². The van der Waals surface area contributed by atoms with E-state index in [4.69, 9.17) is 0 Å². The van der Waals surface area contributed by atoms with E-state index in [1.165, 1.54) is 43.7 Å². The van der Waals surface area contributed by atoms with Gasteiger partial charge in [0.05, 0.1) is 39.3 Å². The molecule has 0 aliphatic carbocycles. The van der Waals surface area contributed by atoms with E-state index in [-0.39, 0.29) is 52.4 Å². The van der Waals surface area contributed by atoms with Crippen LogP contribution in [0.4, 0.5) is 11.9 Å². The van der Waals surface area contributed by atoms with Crippen LogP contribution < -0.4 is 10.6 Å². The van der Waals surface area contributed by atoms with Crippen molar-refractivity contribution in [3.63, 3.8) is 0 Å². The molecule has 2 aromatic heterocycles. The van der Waals surface area contributed by atoms with E-state index in [1.807, 2.05) is 0 Å². The van der Waals surface area contributed by atoms with Crippen molar-refractivity contribution < 1.29 is 39.2 Å². The number of rotatable bonds is 19. The number of hydrogen-bond acceptors (Lipinski definition) is 12. The van der Waals surface area contributed by atoms with Crippen molar-refractivity contribution >= 4 is 35.6 Å². The summed E-state index contributed by atoms with van der Waals surface area (Å²) >= 11 is 0. The maximum atomic E-state index is 12.3. The predicted octanol–water partition coefficient (Wildman–Crippen LogP) is -2.40. The van der Waals surface area contributed by atoms with Gasteiger partial charge in [0.15, 0.2) is 0 Å². The monoisotopic (exact) mass is 568 g/mol. The molecule has 218 valence electrons. The normalized spacial score (nSPS) is 10.9. The highest BCUT2D eigenvalue weighted by Crippen LogP contribution is 2.07. The van der Waals surface area contributed by atoms with E-state index in [0.717, 1.165) is 0 Å². The standard InChI is InChI=1S/C20H28N10O10/c31-15(21-1-5-27-7-3-23-19(27)29(37)38)11-25(13-17(33)34)9-10-26(14-18(35)36)12-16(32)22-2-6-28-8-4-24-20(28)30(39)40/h3-4,7-8H,1-2,5-6,9-14H2,(H,21,31)(H,22,32)(H,33,34)(H,35,36). The van der Waals surface area contributed by atoms with Gasteiger partial charge >= 0.3 is 23.8 Å². The zero-order valence-corrected chi connectivity index (χ0v) is 21.1. The topological polar surface area (TPSA) is 261 Å². The minimum absolute atomic E-state index is 0.00445. The maximum Gasteiger partial charge on any atom is 0.434 e. The molecule has 0 aliphatic rings. The Hall–Kier alpha value is -4.98. The molecule has 0 atom stereocenters. The first-order chi connectivity index (χ1) is 19.0. The highest BCUT2D eigenvalue weighted by molar-refractivity contribution is 5.79. The number of aliphatic carboxylic acids is 2. The largest absolute Gasteiger partial charge is 0.480 e. The first-order valence-corrected chi connectivity index (χ1v) is 11.7. The van der Waals surface area contributed by atoms with Crippen molar-refractivity contribution in [1.29, 1.82) is 0 Å². The molecule has 0 saturated heterocycles. The predicted molar refractivity (Wildman–Crippen MR) is 132 cm³/mol. The van der Waals surface area contributed by atoms with Gasteiger partial charge in [-0.2, -0.15) is 0 Å². The van der Waals surface area contributed by atoms with E-state index in [0.29, 0.717) is 0 Å². The van der Waals surface area contributed by atoms with Crippen molar-refractivity contribution in [3.8, 4) is 0 Å². The number of aromatic nitrogens is 4. The number of hydrogen-bond donors (Lipinski definition) is 4. The van der Waals surface area contributed by atoms with Gasteiger partial charge in [0, 0.05) is 26.2 Å². The Morgan fingerprint density at radius 2 is 1.12 bits per heavy atom. The molecule has 0 bridgehead atoms. The van der Waals surface area contributed by atoms with E-state index >= 15 is 0 Å². The molecule has 2 amide bonds. The number of carbonyl (C=O) groups excluding carboxylic acids is 2. The van der Waals surface area contributed by atoms with Crippen LogP contribution in [0.25, 0.3) is 0 Å². The van der Waals surface area contributed by atoms with Crippen LogP contribution in [0.5, 0.6) is 0 Å². The summed E-state index contributed by atoms with van der Waals surface area (Å²) in [5.41, 5.74) is 0. The molecular weight excluding hydrogens is 540 g/mol. The number of nitro groups is 2. The van der Waals surface area contributed by atoms with Crippen molar-refractivity contribution in [2.75, 3.05) is 52.4 Å². The van der Waals surface area contributed by atoms with Gasteiger partial charge < -0.3 is 41.1 Å². The summed E-state index contributed by atoms with van der Waals surface area (Å²) in [5.74, 6) is -4.41. The second kappa shape index (κ2) is 15.4. The third-order valence-corrected chi connectivity index (χ3v) is 5.25. The quantitative estimate of drug-likeness (QED) is 0.102. The number of amides is 2. The number of carbonyl (C=O) groups is 4. The number of carboxylic acids is 2. The average Bonchev–Trinajstić information content (AvgIpc) is 3.51. The smallest absolute Gasteiger partial charge is 0.434 e. The zero-order valence-electron chi connectivity index (χ0n) is 21.1. The Labute approximate surface area is 225 Å². The molecule has 0 unspecified atom stereocenters. The first kappa shape index (κ1) is 31.2. The summed E-state index contributed by atoms with van der Waals surface area (Å²) in [5, 5.41) is 45.3. The summed E-state index contributed by atoms with van der Waals surface area (Å²) in [4.78, 5) is 77.3. The second-order valence-corrected chi connectivity index (χ2v) is 8.26. The maximum absolute atomic E-state index is 12.3. The molecule has 2 rings (SSSR count). The van der Waals surface area contributed by atoms with Crippen LogP contribution in [0.1, 0.15) is 0 Å². The molecule has 0 radical (unpaired) electrons. The van der Waals surface area contributed by atoms with Gasteiger partial charge in [-0.05, 0) is 9.85 Å². The lowest BCUT2D eigenvalue weighted by Crippen LogP contribution is -2.47. The Morgan fingerprint density at radius 3 is 1.45 bits per heavy atom. The highest BCUT2D eigenvalue weighted by atomic mass is 16.6. The van der Waals surface area contributed by atoms with Gasteiger partial charge in [-0.25, -0.2) is 9.13 Å². The Bertz CT molecular complexity index is 1120. The van der Waals surface area contributed by atoms with E-state index in [1.54, 1.807) is 0 Å². The Kier molecular flexibility index (Phi) is 12.1. The number of nitrogens with zero attached hydrogens (tertiary/aromatic N) is 8. The van der Waals surface area contributed by atoms with Crippen LogP contribution >= 0.6 is 0 Å². The molecule has 0 saturated carbocycles.